The number of cyclic esters (lactones) is 1. The molecule has 98 valence electrons. The van der Waals surface area contributed by atoms with Gasteiger partial charge in [0.2, 0.25) is 0 Å². The number of nitrogens with one attached hydrogen (secondary N) is 1. The van der Waals surface area contributed by atoms with Crippen LogP contribution in [-0.2, 0) is 9.53 Å². The van der Waals surface area contributed by atoms with Crippen LogP contribution >= 0.6 is 23.2 Å². The lowest BCUT2D eigenvalue weighted by molar-refractivity contribution is -0.158. The molecule has 1 heterocycles. The molecule has 0 radical (unpaired) electrons. The fraction of sp³-hybridized carbons (Fsp3) is 0.364. The molecule has 0 bridgehead atoms. The zero-order chi connectivity index (χ0) is 13.3. The van der Waals surface area contributed by atoms with Crippen molar-refractivity contribution in [2.75, 3.05) is 11.9 Å². The number of para-hydroxylation sites is 1. The van der Waals surface area contributed by atoms with Gasteiger partial charge in [0.1, 0.15) is 6.10 Å². The molecule has 1 saturated heterocycles. The van der Waals surface area contributed by atoms with Crippen LogP contribution in [0.25, 0.3) is 0 Å². The first-order valence-corrected chi connectivity index (χ1v) is 5.92. The number of anilines is 1. The largest absolute Gasteiger partial charge is 0.456 e. The molecule has 1 aromatic rings. The van der Waals surface area contributed by atoms with Gasteiger partial charge in [-0.1, -0.05) is 29.3 Å². The fourth-order valence-electron chi connectivity index (χ4n) is 1.64. The first kappa shape index (κ1) is 13.4. The van der Waals surface area contributed by atoms with E-state index in [1.807, 2.05) is 0 Å². The summed E-state index contributed by atoms with van der Waals surface area (Å²) in [6.45, 7) is 0.0325. The highest BCUT2D eigenvalue weighted by Crippen LogP contribution is 2.33. The van der Waals surface area contributed by atoms with Gasteiger partial charge in [0.05, 0.1) is 28.7 Å². The average Bonchev–Trinajstić information content (AvgIpc) is 2.52. The molecular weight excluding hydrogens is 287 g/mol. The Morgan fingerprint density at radius 1 is 1.39 bits per heavy atom. The number of hydrogen-bond acceptors (Lipinski definition) is 3. The number of ether oxygens (including phenoxy) is 1. The lowest BCUT2D eigenvalue weighted by Crippen LogP contribution is -2.22. The Hall–Kier alpha value is -1.07. The SMILES string of the molecule is O=C1OC(CNc2c(Cl)cccc2Cl)CC1(F)F. The van der Waals surface area contributed by atoms with Gasteiger partial charge in [-0.25, -0.2) is 4.79 Å². The van der Waals surface area contributed by atoms with E-state index in [1.54, 1.807) is 18.2 Å². The Labute approximate surface area is 112 Å². The Bertz CT molecular complexity index is 462. The summed E-state index contributed by atoms with van der Waals surface area (Å²) >= 11 is 11.8. The lowest BCUT2D eigenvalue weighted by Gasteiger charge is -2.13. The monoisotopic (exact) mass is 295 g/mol. The van der Waals surface area contributed by atoms with E-state index in [1.165, 1.54) is 0 Å². The Balaban J connectivity index is 1.99. The summed E-state index contributed by atoms with van der Waals surface area (Å²) in [5.74, 6) is -4.89. The normalized spacial score (nSPS) is 21.8. The molecule has 1 N–H and O–H groups in total. The van der Waals surface area contributed by atoms with Crippen molar-refractivity contribution in [3.63, 3.8) is 0 Å². The van der Waals surface area contributed by atoms with Gasteiger partial charge in [-0.15, -0.1) is 0 Å². The van der Waals surface area contributed by atoms with Gasteiger partial charge in [0.25, 0.3) is 0 Å². The Morgan fingerprint density at radius 2 is 2.00 bits per heavy atom. The molecule has 3 nitrogen and oxygen atoms in total. The van der Waals surface area contributed by atoms with Crippen molar-refractivity contribution in [3.8, 4) is 0 Å². The summed E-state index contributed by atoms with van der Waals surface area (Å²) in [7, 11) is 0. The standard InChI is InChI=1S/C11H9Cl2F2NO2/c12-7-2-1-3-8(13)9(7)16-5-6-4-11(14,15)10(17)18-6/h1-3,6,16H,4-5H2. The molecule has 18 heavy (non-hydrogen) atoms. The highest BCUT2D eigenvalue weighted by Gasteiger charge is 2.50. The molecule has 0 spiro atoms. The van der Waals surface area contributed by atoms with Crippen LogP contribution in [0.5, 0.6) is 0 Å². The van der Waals surface area contributed by atoms with Crippen molar-refractivity contribution in [2.45, 2.75) is 18.4 Å². The van der Waals surface area contributed by atoms with E-state index in [-0.39, 0.29) is 6.54 Å². The minimum atomic E-state index is -3.41. The van der Waals surface area contributed by atoms with Crippen molar-refractivity contribution < 1.29 is 18.3 Å². The van der Waals surface area contributed by atoms with E-state index >= 15 is 0 Å². The van der Waals surface area contributed by atoms with E-state index < -0.39 is 24.4 Å². The third-order valence-corrected chi connectivity index (χ3v) is 3.16. The first-order chi connectivity index (χ1) is 8.40. The molecule has 1 aliphatic heterocycles. The predicted octanol–water partition coefficient (Wildman–Crippen LogP) is 3.36. The molecular formula is C11H9Cl2F2NO2. The van der Waals surface area contributed by atoms with Crippen LogP contribution < -0.4 is 5.32 Å². The number of esters is 1. The molecule has 1 aromatic carbocycles. The van der Waals surface area contributed by atoms with Crippen molar-refractivity contribution in [3.05, 3.63) is 28.2 Å². The van der Waals surface area contributed by atoms with Gasteiger partial charge in [-0.3, -0.25) is 0 Å². The third-order valence-electron chi connectivity index (χ3n) is 2.53. The van der Waals surface area contributed by atoms with Gasteiger partial charge < -0.3 is 10.1 Å². The highest BCUT2D eigenvalue weighted by atomic mass is 35.5. The number of alkyl halides is 2. The van der Waals surface area contributed by atoms with Gasteiger partial charge in [0.15, 0.2) is 0 Å². The molecule has 7 heteroatoms. The van der Waals surface area contributed by atoms with Crippen LogP contribution in [-0.4, -0.2) is 24.5 Å². The summed E-state index contributed by atoms with van der Waals surface area (Å²) < 4.78 is 30.4. The van der Waals surface area contributed by atoms with Crippen molar-refractivity contribution in [1.82, 2.24) is 0 Å². The van der Waals surface area contributed by atoms with Gasteiger partial charge >= 0.3 is 11.9 Å². The molecule has 1 atom stereocenters. The Kier molecular flexibility index (Phi) is 3.64. The Morgan fingerprint density at radius 3 is 2.50 bits per heavy atom. The minimum Gasteiger partial charge on any atom is -0.456 e. The van der Waals surface area contributed by atoms with Gasteiger partial charge in [-0.2, -0.15) is 8.78 Å². The van der Waals surface area contributed by atoms with E-state index in [0.29, 0.717) is 15.7 Å². The molecule has 1 aliphatic rings. The quantitative estimate of drug-likeness (QED) is 0.869. The summed E-state index contributed by atoms with van der Waals surface area (Å²) in [6, 6.07) is 4.90. The maximum Gasteiger partial charge on any atom is 0.377 e. The van der Waals surface area contributed by atoms with Crippen molar-refractivity contribution in [1.29, 1.82) is 0 Å². The van der Waals surface area contributed by atoms with Gasteiger partial charge in [0, 0.05) is 0 Å². The second kappa shape index (κ2) is 4.90. The number of halogens is 4. The number of carbonyl (C=O) groups excluding carboxylic acids is 1. The maximum atomic E-state index is 12.9. The molecule has 2 rings (SSSR count). The van der Waals surface area contributed by atoms with Crippen LogP contribution in [0.15, 0.2) is 18.2 Å². The maximum absolute atomic E-state index is 12.9. The third kappa shape index (κ3) is 2.67. The molecule has 1 fully saturated rings. The van der Waals surface area contributed by atoms with Crippen LogP contribution in [0.4, 0.5) is 14.5 Å². The smallest absolute Gasteiger partial charge is 0.377 e. The molecule has 0 aliphatic carbocycles. The van der Waals surface area contributed by atoms with E-state index in [4.69, 9.17) is 23.2 Å². The van der Waals surface area contributed by atoms with Crippen LogP contribution in [0, 0.1) is 0 Å². The van der Waals surface area contributed by atoms with E-state index in [2.05, 4.69) is 10.1 Å². The van der Waals surface area contributed by atoms with Crippen LogP contribution in [0.2, 0.25) is 10.0 Å². The van der Waals surface area contributed by atoms with Crippen molar-refractivity contribution >= 4 is 34.9 Å². The summed E-state index contributed by atoms with van der Waals surface area (Å²) in [5.41, 5.74) is 0.437. The van der Waals surface area contributed by atoms with E-state index in [9.17, 15) is 13.6 Å². The van der Waals surface area contributed by atoms with Crippen LogP contribution in [0.3, 0.4) is 0 Å². The predicted molar refractivity (Wildman–Crippen MR) is 64.4 cm³/mol. The summed E-state index contributed by atoms with van der Waals surface area (Å²) in [4.78, 5) is 10.8. The zero-order valence-corrected chi connectivity index (χ0v) is 10.6. The number of hydrogen-bond donors (Lipinski definition) is 1. The second-order valence-electron chi connectivity index (χ2n) is 3.91. The fourth-order valence-corrected chi connectivity index (χ4v) is 2.18. The van der Waals surface area contributed by atoms with E-state index in [0.717, 1.165) is 0 Å². The van der Waals surface area contributed by atoms with Gasteiger partial charge in [-0.05, 0) is 12.1 Å². The van der Waals surface area contributed by atoms with Crippen LogP contribution in [0.1, 0.15) is 6.42 Å². The zero-order valence-electron chi connectivity index (χ0n) is 9.05. The number of carbonyl (C=O) groups is 1. The average molecular weight is 296 g/mol. The van der Waals surface area contributed by atoms with Crippen molar-refractivity contribution in [2.24, 2.45) is 0 Å². The molecule has 0 aromatic heterocycles. The molecule has 0 saturated carbocycles. The number of benzene rings is 1. The topological polar surface area (TPSA) is 38.3 Å². The highest BCUT2D eigenvalue weighted by molar-refractivity contribution is 6.39. The summed E-state index contributed by atoms with van der Waals surface area (Å²) in [5, 5.41) is 3.55. The number of rotatable bonds is 3. The minimum absolute atomic E-state index is 0.0325. The molecule has 1 unspecified atom stereocenters. The lowest BCUT2D eigenvalue weighted by atomic mass is 10.2. The summed E-state index contributed by atoms with van der Waals surface area (Å²) in [6.07, 6.45) is -1.53. The molecule has 0 amide bonds. The first-order valence-electron chi connectivity index (χ1n) is 5.17. The second-order valence-corrected chi connectivity index (χ2v) is 4.73.